The third kappa shape index (κ3) is 2.52. The Morgan fingerprint density at radius 3 is 2.76 bits per heavy atom. The molecule has 0 atom stereocenters. The highest BCUT2D eigenvalue weighted by Crippen LogP contribution is 2.24. The molecule has 1 aliphatic rings. The van der Waals surface area contributed by atoms with E-state index in [9.17, 15) is 4.79 Å². The summed E-state index contributed by atoms with van der Waals surface area (Å²) in [5, 5.41) is 9.11. The third-order valence-corrected chi connectivity index (χ3v) is 3.53. The maximum atomic E-state index is 12.4. The summed E-state index contributed by atoms with van der Waals surface area (Å²) in [6, 6.07) is 4.02. The first kappa shape index (κ1) is 12.2. The van der Waals surface area contributed by atoms with Gasteiger partial charge in [-0.15, -0.1) is 0 Å². The van der Waals surface area contributed by atoms with E-state index >= 15 is 0 Å². The maximum Gasteiger partial charge on any atom is 0.270 e. The van der Waals surface area contributed by atoms with Crippen LogP contribution in [0.2, 0.25) is 0 Å². The highest BCUT2D eigenvalue weighted by molar-refractivity contribution is 5.93. The SMILES string of the molecule is Cn1cccc1C(=O)N(CCO)C1CCCC1. The number of aliphatic hydroxyl groups is 1. The predicted molar refractivity (Wildman–Crippen MR) is 65.8 cm³/mol. The van der Waals surface area contributed by atoms with Crippen molar-refractivity contribution in [2.75, 3.05) is 13.2 Å². The summed E-state index contributed by atoms with van der Waals surface area (Å²) in [5.41, 5.74) is 0.699. The van der Waals surface area contributed by atoms with Crippen LogP contribution >= 0.6 is 0 Å². The monoisotopic (exact) mass is 236 g/mol. The van der Waals surface area contributed by atoms with E-state index in [1.54, 1.807) is 0 Å². The van der Waals surface area contributed by atoms with Crippen LogP contribution in [0.5, 0.6) is 0 Å². The molecule has 0 spiro atoms. The van der Waals surface area contributed by atoms with E-state index in [1.165, 1.54) is 12.8 Å². The summed E-state index contributed by atoms with van der Waals surface area (Å²) in [6.45, 7) is 0.474. The van der Waals surface area contributed by atoms with Gasteiger partial charge in [-0.1, -0.05) is 12.8 Å². The van der Waals surface area contributed by atoms with Gasteiger partial charge in [-0.2, -0.15) is 0 Å². The first-order valence-corrected chi connectivity index (χ1v) is 6.27. The van der Waals surface area contributed by atoms with Gasteiger partial charge in [0.1, 0.15) is 5.69 Å². The van der Waals surface area contributed by atoms with Crippen molar-refractivity contribution in [3.8, 4) is 0 Å². The van der Waals surface area contributed by atoms with Crippen molar-refractivity contribution in [3.63, 3.8) is 0 Å². The lowest BCUT2D eigenvalue weighted by Crippen LogP contribution is -2.41. The minimum absolute atomic E-state index is 0.0344. The predicted octanol–water partition coefficient (Wildman–Crippen LogP) is 1.40. The van der Waals surface area contributed by atoms with Crippen LogP contribution in [0.4, 0.5) is 0 Å². The molecule has 4 heteroatoms. The molecule has 4 nitrogen and oxygen atoms in total. The second-order valence-electron chi connectivity index (χ2n) is 4.66. The normalized spacial score (nSPS) is 16.4. The highest BCUT2D eigenvalue weighted by Gasteiger charge is 2.27. The first-order chi connectivity index (χ1) is 8.24. The Kier molecular flexibility index (Phi) is 3.84. The van der Waals surface area contributed by atoms with Crippen LogP contribution in [0.3, 0.4) is 0 Å². The smallest absolute Gasteiger partial charge is 0.270 e. The van der Waals surface area contributed by atoms with E-state index in [4.69, 9.17) is 5.11 Å². The molecule has 94 valence electrons. The second-order valence-corrected chi connectivity index (χ2v) is 4.66. The Balaban J connectivity index is 2.15. The fourth-order valence-electron chi connectivity index (χ4n) is 2.60. The molecule has 1 saturated carbocycles. The molecule has 1 aromatic rings. The summed E-state index contributed by atoms with van der Waals surface area (Å²) in [4.78, 5) is 14.2. The van der Waals surface area contributed by atoms with Gasteiger partial charge in [-0.3, -0.25) is 4.79 Å². The Morgan fingerprint density at radius 2 is 2.24 bits per heavy atom. The number of aryl methyl sites for hydroxylation is 1. The fourth-order valence-corrected chi connectivity index (χ4v) is 2.60. The van der Waals surface area contributed by atoms with Crippen molar-refractivity contribution in [2.24, 2.45) is 7.05 Å². The number of nitrogens with zero attached hydrogens (tertiary/aromatic N) is 2. The summed E-state index contributed by atoms with van der Waals surface area (Å²) in [5.74, 6) is 0.0402. The molecular weight excluding hydrogens is 216 g/mol. The zero-order chi connectivity index (χ0) is 12.3. The van der Waals surface area contributed by atoms with Crippen LogP contribution in [0.1, 0.15) is 36.2 Å². The van der Waals surface area contributed by atoms with Crippen molar-refractivity contribution < 1.29 is 9.90 Å². The minimum atomic E-state index is 0.0344. The van der Waals surface area contributed by atoms with E-state index in [0.29, 0.717) is 18.3 Å². The van der Waals surface area contributed by atoms with Gasteiger partial charge in [-0.05, 0) is 25.0 Å². The van der Waals surface area contributed by atoms with Crippen LogP contribution in [-0.4, -0.2) is 39.7 Å². The van der Waals surface area contributed by atoms with Crippen molar-refractivity contribution in [1.29, 1.82) is 0 Å². The zero-order valence-corrected chi connectivity index (χ0v) is 10.3. The standard InChI is InChI=1S/C13H20N2O2/c1-14-8-4-7-12(14)13(17)15(9-10-16)11-5-2-3-6-11/h4,7-8,11,16H,2-3,5-6,9-10H2,1H3. The molecule has 1 aliphatic carbocycles. The van der Waals surface area contributed by atoms with Crippen LogP contribution in [-0.2, 0) is 7.05 Å². The summed E-state index contributed by atoms with van der Waals surface area (Å²) < 4.78 is 1.83. The van der Waals surface area contributed by atoms with Crippen molar-refractivity contribution >= 4 is 5.91 Å². The molecule has 0 radical (unpaired) electrons. The van der Waals surface area contributed by atoms with Crippen molar-refractivity contribution in [2.45, 2.75) is 31.7 Å². The Labute approximate surface area is 102 Å². The Hall–Kier alpha value is -1.29. The third-order valence-electron chi connectivity index (χ3n) is 3.53. The van der Waals surface area contributed by atoms with Crippen molar-refractivity contribution in [1.82, 2.24) is 9.47 Å². The number of hydrogen-bond donors (Lipinski definition) is 1. The van der Waals surface area contributed by atoms with Crippen molar-refractivity contribution in [3.05, 3.63) is 24.0 Å². The average molecular weight is 236 g/mol. The maximum absolute atomic E-state index is 12.4. The average Bonchev–Trinajstić information content (AvgIpc) is 2.95. The molecule has 1 N–H and O–H groups in total. The largest absolute Gasteiger partial charge is 0.395 e. The molecule has 1 amide bonds. The lowest BCUT2D eigenvalue weighted by atomic mass is 10.2. The van der Waals surface area contributed by atoms with Gasteiger partial charge in [0.15, 0.2) is 0 Å². The molecule has 1 fully saturated rings. The summed E-state index contributed by atoms with van der Waals surface area (Å²) in [7, 11) is 1.87. The van der Waals surface area contributed by atoms with E-state index in [2.05, 4.69) is 0 Å². The van der Waals surface area contributed by atoms with Crippen LogP contribution in [0, 0.1) is 0 Å². The van der Waals surface area contributed by atoms with E-state index < -0.39 is 0 Å². The topological polar surface area (TPSA) is 45.5 Å². The Bertz CT molecular complexity index is 381. The molecular formula is C13H20N2O2. The van der Waals surface area contributed by atoms with Crippen LogP contribution in [0.15, 0.2) is 18.3 Å². The minimum Gasteiger partial charge on any atom is -0.395 e. The molecule has 1 aromatic heterocycles. The molecule has 2 rings (SSSR count). The van der Waals surface area contributed by atoms with Gasteiger partial charge in [0, 0.05) is 25.8 Å². The van der Waals surface area contributed by atoms with Crippen LogP contribution in [0.25, 0.3) is 0 Å². The molecule has 17 heavy (non-hydrogen) atoms. The van der Waals surface area contributed by atoms with E-state index in [1.807, 2.05) is 34.8 Å². The van der Waals surface area contributed by atoms with Gasteiger partial charge in [0.2, 0.25) is 0 Å². The van der Waals surface area contributed by atoms with Gasteiger partial charge in [-0.25, -0.2) is 0 Å². The number of aromatic nitrogens is 1. The van der Waals surface area contributed by atoms with Gasteiger partial charge in [0.25, 0.3) is 5.91 Å². The lowest BCUT2D eigenvalue weighted by Gasteiger charge is -2.28. The number of carbonyl (C=O) groups excluding carboxylic acids is 1. The quantitative estimate of drug-likeness (QED) is 0.859. The number of aliphatic hydroxyl groups excluding tert-OH is 1. The van der Waals surface area contributed by atoms with Crippen LogP contribution < -0.4 is 0 Å². The van der Waals surface area contributed by atoms with Gasteiger partial charge >= 0.3 is 0 Å². The van der Waals surface area contributed by atoms with E-state index in [0.717, 1.165) is 12.8 Å². The molecule has 0 aromatic carbocycles. The zero-order valence-electron chi connectivity index (χ0n) is 10.3. The number of amides is 1. The summed E-state index contributed by atoms with van der Waals surface area (Å²) in [6.07, 6.45) is 6.38. The number of rotatable bonds is 4. The fraction of sp³-hybridized carbons (Fsp3) is 0.615. The van der Waals surface area contributed by atoms with Gasteiger partial charge in [0.05, 0.1) is 6.61 Å². The summed E-state index contributed by atoms with van der Waals surface area (Å²) >= 11 is 0. The van der Waals surface area contributed by atoms with E-state index in [-0.39, 0.29) is 12.5 Å². The van der Waals surface area contributed by atoms with Gasteiger partial charge < -0.3 is 14.6 Å². The molecule has 0 saturated heterocycles. The molecule has 0 unspecified atom stereocenters. The lowest BCUT2D eigenvalue weighted by molar-refractivity contribution is 0.0628. The highest BCUT2D eigenvalue weighted by atomic mass is 16.3. The second kappa shape index (κ2) is 5.36. The number of carbonyl (C=O) groups is 1. The molecule has 0 aliphatic heterocycles. The molecule has 0 bridgehead atoms. The first-order valence-electron chi connectivity index (χ1n) is 6.27. The number of hydrogen-bond acceptors (Lipinski definition) is 2. The molecule has 1 heterocycles. The Morgan fingerprint density at radius 1 is 1.53 bits per heavy atom.